The zero-order valence-corrected chi connectivity index (χ0v) is 18.1. The molecule has 0 fully saturated rings. The standard InChI is InChI=1S/C23H23N7O2/c1-15-19-10-9-18(32-3)11-20(19)21(16-12-24-28(2)13-16)14-29(15)23(31)22-25-27-30(26-22)17-7-5-4-6-8-17/h4-13,15,21H,14H2,1-3H3/t15-,21+/m1/s1. The number of benzene rings is 2. The molecule has 162 valence electrons. The van der Waals surface area contributed by atoms with E-state index in [1.165, 1.54) is 4.80 Å². The predicted molar refractivity (Wildman–Crippen MR) is 117 cm³/mol. The van der Waals surface area contributed by atoms with Crippen molar-refractivity contribution in [1.29, 1.82) is 0 Å². The second-order valence-corrected chi connectivity index (χ2v) is 7.87. The lowest BCUT2D eigenvalue weighted by Gasteiger charge is -2.39. The van der Waals surface area contributed by atoms with Gasteiger partial charge in [-0.05, 0) is 53.1 Å². The third kappa shape index (κ3) is 3.41. The fraction of sp³-hybridized carbons (Fsp3) is 0.261. The minimum Gasteiger partial charge on any atom is -0.497 e. The van der Waals surface area contributed by atoms with E-state index in [9.17, 15) is 4.79 Å². The van der Waals surface area contributed by atoms with Crippen molar-refractivity contribution in [2.45, 2.75) is 18.9 Å². The summed E-state index contributed by atoms with van der Waals surface area (Å²) in [5.74, 6) is 0.563. The highest BCUT2D eigenvalue weighted by atomic mass is 16.5. The van der Waals surface area contributed by atoms with Gasteiger partial charge in [0.1, 0.15) is 5.75 Å². The number of rotatable bonds is 4. The van der Waals surface area contributed by atoms with Crippen molar-refractivity contribution in [3.05, 3.63) is 83.4 Å². The van der Waals surface area contributed by atoms with E-state index < -0.39 is 0 Å². The summed E-state index contributed by atoms with van der Waals surface area (Å²) < 4.78 is 7.23. The molecule has 1 amide bonds. The second-order valence-electron chi connectivity index (χ2n) is 7.87. The molecular weight excluding hydrogens is 406 g/mol. The topological polar surface area (TPSA) is 91.0 Å². The molecule has 2 aromatic carbocycles. The van der Waals surface area contributed by atoms with Crippen LogP contribution in [0, 0.1) is 0 Å². The average molecular weight is 429 g/mol. The van der Waals surface area contributed by atoms with Crippen molar-refractivity contribution >= 4 is 5.91 Å². The van der Waals surface area contributed by atoms with Crippen LogP contribution in [0.25, 0.3) is 5.69 Å². The van der Waals surface area contributed by atoms with Gasteiger partial charge in [-0.15, -0.1) is 15.0 Å². The van der Waals surface area contributed by atoms with E-state index >= 15 is 0 Å². The Balaban J connectivity index is 1.52. The van der Waals surface area contributed by atoms with E-state index in [0.29, 0.717) is 6.54 Å². The van der Waals surface area contributed by atoms with Crippen LogP contribution in [-0.4, -0.2) is 54.4 Å². The summed E-state index contributed by atoms with van der Waals surface area (Å²) in [5.41, 5.74) is 3.98. The molecule has 9 heteroatoms. The Hall–Kier alpha value is -4.01. The number of para-hydroxylation sites is 1. The first-order valence-electron chi connectivity index (χ1n) is 10.4. The van der Waals surface area contributed by atoms with Crippen molar-refractivity contribution in [1.82, 2.24) is 34.9 Å². The maximum Gasteiger partial charge on any atom is 0.296 e. The zero-order chi connectivity index (χ0) is 22.2. The molecule has 0 N–H and O–H groups in total. The third-order valence-electron chi connectivity index (χ3n) is 5.95. The van der Waals surface area contributed by atoms with Gasteiger partial charge in [0.2, 0.25) is 0 Å². The van der Waals surface area contributed by atoms with Crippen LogP contribution in [0.5, 0.6) is 5.75 Å². The zero-order valence-electron chi connectivity index (χ0n) is 18.1. The molecule has 5 rings (SSSR count). The van der Waals surface area contributed by atoms with Crippen LogP contribution in [0.4, 0.5) is 0 Å². The summed E-state index contributed by atoms with van der Waals surface area (Å²) in [4.78, 5) is 16.7. The number of hydrogen-bond acceptors (Lipinski definition) is 6. The first kappa shape index (κ1) is 19.9. The molecular formula is C23H23N7O2. The van der Waals surface area contributed by atoms with E-state index in [1.807, 2.05) is 68.8 Å². The molecule has 3 heterocycles. The number of aryl methyl sites for hydroxylation is 1. The summed E-state index contributed by atoms with van der Waals surface area (Å²) in [6, 6.07) is 15.3. The van der Waals surface area contributed by atoms with Crippen LogP contribution in [-0.2, 0) is 7.05 Å². The van der Waals surface area contributed by atoms with Gasteiger partial charge in [0.25, 0.3) is 11.7 Å². The number of aromatic nitrogens is 6. The fourth-order valence-corrected chi connectivity index (χ4v) is 4.25. The average Bonchev–Trinajstić information content (AvgIpc) is 3.49. The van der Waals surface area contributed by atoms with Crippen molar-refractivity contribution in [3.63, 3.8) is 0 Å². The highest BCUT2D eigenvalue weighted by molar-refractivity contribution is 5.91. The Morgan fingerprint density at radius 1 is 1.12 bits per heavy atom. The van der Waals surface area contributed by atoms with Crippen molar-refractivity contribution in [3.8, 4) is 11.4 Å². The van der Waals surface area contributed by atoms with Crippen molar-refractivity contribution < 1.29 is 9.53 Å². The van der Waals surface area contributed by atoms with E-state index in [1.54, 1.807) is 16.7 Å². The number of ether oxygens (including phenoxy) is 1. The van der Waals surface area contributed by atoms with Gasteiger partial charge in [0.15, 0.2) is 0 Å². The van der Waals surface area contributed by atoms with Gasteiger partial charge in [-0.1, -0.05) is 24.3 Å². The number of methoxy groups -OCH3 is 1. The van der Waals surface area contributed by atoms with E-state index in [2.05, 4.69) is 26.6 Å². The molecule has 1 aliphatic rings. The molecule has 2 atom stereocenters. The van der Waals surface area contributed by atoms with Gasteiger partial charge in [-0.2, -0.15) is 5.10 Å². The van der Waals surface area contributed by atoms with Gasteiger partial charge in [0.05, 0.1) is 25.0 Å². The number of tetrazole rings is 1. The van der Waals surface area contributed by atoms with Crippen LogP contribution in [0.2, 0.25) is 0 Å². The smallest absolute Gasteiger partial charge is 0.296 e. The molecule has 0 unspecified atom stereocenters. The Labute approximate surface area is 185 Å². The van der Waals surface area contributed by atoms with Crippen LogP contribution in [0.3, 0.4) is 0 Å². The Morgan fingerprint density at radius 2 is 1.94 bits per heavy atom. The highest BCUT2D eigenvalue weighted by Gasteiger charge is 2.36. The molecule has 32 heavy (non-hydrogen) atoms. The van der Waals surface area contributed by atoms with Gasteiger partial charge in [-0.3, -0.25) is 9.48 Å². The number of carbonyl (C=O) groups is 1. The van der Waals surface area contributed by atoms with Crippen molar-refractivity contribution in [2.24, 2.45) is 7.05 Å². The van der Waals surface area contributed by atoms with Gasteiger partial charge < -0.3 is 9.64 Å². The number of hydrogen-bond donors (Lipinski definition) is 0. The Morgan fingerprint density at radius 3 is 2.66 bits per heavy atom. The lowest BCUT2D eigenvalue weighted by atomic mass is 9.82. The van der Waals surface area contributed by atoms with E-state index in [-0.39, 0.29) is 23.7 Å². The van der Waals surface area contributed by atoms with Gasteiger partial charge in [-0.25, -0.2) is 0 Å². The third-order valence-corrected chi connectivity index (χ3v) is 5.95. The maximum absolute atomic E-state index is 13.5. The van der Waals surface area contributed by atoms with E-state index in [4.69, 9.17) is 4.74 Å². The quantitative estimate of drug-likeness (QED) is 0.495. The minimum atomic E-state index is -0.255. The van der Waals surface area contributed by atoms with Gasteiger partial charge >= 0.3 is 0 Å². The van der Waals surface area contributed by atoms with Crippen LogP contribution in [0.15, 0.2) is 60.9 Å². The normalized spacial score (nSPS) is 17.8. The van der Waals surface area contributed by atoms with Crippen LogP contribution < -0.4 is 4.74 Å². The first-order valence-corrected chi connectivity index (χ1v) is 10.4. The van der Waals surface area contributed by atoms with Crippen molar-refractivity contribution in [2.75, 3.05) is 13.7 Å². The predicted octanol–water partition coefficient (Wildman–Crippen LogP) is 2.75. The number of nitrogens with zero attached hydrogens (tertiary/aromatic N) is 7. The molecule has 2 aromatic heterocycles. The molecule has 1 aliphatic heterocycles. The minimum absolute atomic E-state index is 0.0434. The number of carbonyl (C=O) groups excluding carboxylic acids is 1. The molecule has 9 nitrogen and oxygen atoms in total. The summed E-state index contributed by atoms with van der Waals surface area (Å²) >= 11 is 0. The largest absolute Gasteiger partial charge is 0.497 e. The number of amides is 1. The molecule has 0 aliphatic carbocycles. The summed E-state index contributed by atoms with van der Waals surface area (Å²) in [6.07, 6.45) is 3.83. The maximum atomic E-state index is 13.5. The summed E-state index contributed by atoms with van der Waals surface area (Å²) in [7, 11) is 3.54. The SMILES string of the molecule is COc1ccc2c(c1)[C@H](c1cnn(C)c1)CN(C(=O)c1nnn(-c3ccccc3)n1)[C@@H]2C. The Bertz CT molecular complexity index is 1260. The molecule has 0 saturated heterocycles. The number of fused-ring (bicyclic) bond motifs is 1. The molecule has 0 saturated carbocycles. The lowest BCUT2D eigenvalue weighted by molar-refractivity contribution is 0.0652. The fourth-order valence-electron chi connectivity index (χ4n) is 4.25. The molecule has 4 aromatic rings. The molecule has 0 spiro atoms. The first-order chi connectivity index (χ1) is 15.5. The highest BCUT2D eigenvalue weighted by Crippen LogP contribution is 2.41. The monoisotopic (exact) mass is 429 g/mol. The molecule has 0 bridgehead atoms. The summed E-state index contributed by atoms with van der Waals surface area (Å²) in [6.45, 7) is 2.50. The Kier molecular flexibility index (Phi) is 4.93. The molecule has 0 radical (unpaired) electrons. The van der Waals surface area contributed by atoms with Crippen LogP contribution >= 0.6 is 0 Å². The summed E-state index contributed by atoms with van der Waals surface area (Å²) in [5, 5.41) is 16.8. The van der Waals surface area contributed by atoms with E-state index in [0.717, 1.165) is 28.1 Å². The lowest BCUT2D eigenvalue weighted by Crippen LogP contribution is -2.41. The second kappa shape index (κ2) is 7.92. The van der Waals surface area contributed by atoms with Gasteiger partial charge in [0, 0.05) is 25.7 Å². The van der Waals surface area contributed by atoms with Crippen LogP contribution in [0.1, 0.15) is 46.2 Å².